The van der Waals surface area contributed by atoms with Crippen molar-refractivity contribution in [3.63, 3.8) is 0 Å². The van der Waals surface area contributed by atoms with Crippen molar-refractivity contribution in [2.75, 3.05) is 20.1 Å². The fraction of sp³-hybridized carbons (Fsp3) is 0.667. The van der Waals surface area contributed by atoms with Gasteiger partial charge in [0.1, 0.15) is 0 Å². The van der Waals surface area contributed by atoms with Crippen molar-refractivity contribution in [3.05, 3.63) is 24.3 Å². The second kappa shape index (κ2) is 5.48. The molecule has 1 N–H and O–H groups in total. The number of nitrogens with one attached hydrogen (secondary N) is 1. The summed E-state index contributed by atoms with van der Waals surface area (Å²) in [4.78, 5) is 23.1. The number of hydrogen-bond acceptors (Lipinski definition) is 4. The lowest BCUT2D eigenvalue weighted by molar-refractivity contribution is -0.144. The molecule has 1 aromatic heterocycles. The van der Waals surface area contributed by atoms with Gasteiger partial charge in [-0.05, 0) is 25.3 Å². The molecule has 5 nitrogen and oxygen atoms in total. The Bertz CT molecular complexity index is 478. The second-order valence-electron chi connectivity index (χ2n) is 6.09. The maximum Gasteiger partial charge on any atom is 0.230 e. The summed E-state index contributed by atoms with van der Waals surface area (Å²) < 4.78 is 0. The van der Waals surface area contributed by atoms with E-state index in [9.17, 15) is 4.79 Å². The van der Waals surface area contributed by atoms with E-state index in [1.54, 1.807) is 18.6 Å². The van der Waals surface area contributed by atoms with E-state index in [1.807, 2.05) is 11.9 Å². The zero-order valence-corrected chi connectivity index (χ0v) is 12.0. The van der Waals surface area contributed by atoms with Crippen molar-refractivity contribution in [1.82, 2.24) is 20.2 Å². The molecule has 0 unspecified atom stereocenters. The monoisotopic (exact) mass is 274 g/mol. The molecule has 1 amide bonds. The summed E-state index contributed by atoms with van der Waals surface area (Å²) in [6.45, 7) is 2.37. The molecule has 1 aliphatic heterocycles. The third-order valence-electron chi connectivity index (χ3n) is 4.83. The van der Waals surface area contributed by atoms with Gasteiger partial charge >= 0.3 is 0 Å². The van der Waals surface area contributed by atoms with E-state index in [2.05, 4.69) is 15.3 Å². The predicted molar refractivity (Wildman–Crippen MR) is 75.8 cm³/mol. The standard InChI is InChI=1S/C15H22N4O/c1-19(10-13-9-16-6-7-18-13)14(20)15-5-3-2-4-12(15)8-17-11-15/h6-7,9,12,17H,2-5,8,10-11H2,1H3/t12-,15+/m0/s1. The molecule has 2 atom stereocenters. The lowest BCUT2D eigenvalue weighted by Gasteiger charge is -2.39. The van der Waals surface area contributed by atoms with Crippen LogP contribution < -0.4 is 5.32 Å². The fourth-order valence-corrected chi connectivity index (χ4v) is 3.77. The van der Waals surface area contributed by atoms with Gasteiger partial charge < -0.3 is 10.2 Å². The Morgan fingerprint density at radius 3 is 3.20 bits per heavy atom. The molecular weight excluding hydrogens is 252 g/mol. The number of fused-ring (bicyclic) bond motifs is 1. The maximum absolute atomic E-state index is 12.9. The van der Waals surface area contributed by atoms with Gasteiger partial charge in [0, 0.05) is 26.0 Å². The highest BCUT2D eigenvalue weighted by Gasteiger charge is 2.50. The molecule has 0 spiro atoms. The van der Waals surface area contributed by atoms with E-state index in [1.165, 1.54) is 19.3 Å². The van der Waals surface area contributed by atoms with Gasteiger partial charge in [0.05, 0.1) is 23.9 Å². The normalized spacial score (nSPS) is 28.9. The van der Waals surface area contributed by atoms with Gasteiger partial charge in [-0.2, -0.15) is 0 Å². The molecule has 20 heavy (non-hydrogen) atoms. The molecule has 1 aromatic rings. The van der Waals surface area contributed by atoms with E-state index in [0.29, 0.717) is 12.5 Å². The fourth-order valence-electron chi connectivity index (χ4n) is 3.77. The van der Waals surface area contributed by atoms with Crippen LogP contribution in [0.4, 0.5) is 0 Å². The van der Waals surface area contributed by atoms with Crippen LogP contribution >= 0.6 is 0 Å². The molecule has 1 saturated carbocycles. The molecule has 108 valence electrons. The van der Waals surface area contributed by atoms with Crippen LogP contribution in [0.3, 0.4) is 0 Å². The first-order chi connectivity index (χ1) is 9.72. The smallest absolute Gasteiger partial charge is 0.230 e. The highest BCUT2D eigenvalue weighted by Crippen LogP contribution is 2.44. The average molecular weight is 274 g/mol. The number of rotatable bonds is 3. The quantitative estimate of drug-likeness (QED) is 0.900. The third-order valence-corrected chi connectivity index (χ3v) is 4.83. The molecule has 2 aliphatic rings. The minimum atomic E-state index is -0.171. The summed E-state index contributed by atoms with van der Waals surface area (Å²) in [7, 11) is 1.88. The molecule has 1 saturated heterocycles. The van der Waals surface area contributed by atoms with Gasteiger partial charge in [-0.1, -0.05) is 12.8 Å². The van der Waals surface area contributed by atoms with Crippen LogP contribution in [0, 0.1) is 11.3 Å². The first-order valence-corrected chi connectivity index (χ1v) is 7.43. The summed E-state index contributed by atoms with van der Waals surface area (Å²) in [5.74, 6) is 0.783. The van der Waals surface area contributed by atoms with Crippen LogP contribution in [0.15, 0.2) is 18.6 Å². The van der Waals surface area contributed by atoms with Gasteiger partial charge in [0.2, 0.25) is 5.91 Å². The first kappa shape index (κ1) is 13.5. The number of carbonyl (C=O) groups excluding carboxylic acids is 1. The molecule has 2 fully saturated rings. The Morgan fingerprint density at radius 1 is 1.50 bits per heavy atom. The Kier molecular flexibility index (Phi) is 3.70. The summed E-state index contributed by atoms with van der Waals surface area (Å²) in [6.07, 6.45) is 9.69. The van der Waals surface area contributed by atoms with Crippen molar-refractivity contribution in [2.24, 2.45) is 11.3 Å². The van der Waals surface area contributed by atoms with E-state index in [-0.39, 0.29) is 11.3 Å². The highest BCUT2D eigenvalue weighted by molar-refractivity contribution is 5.83. The van der Waals surface area contributed by atoms with Gasteiger partial charge in [-0.3, -0.25) is 14.8 Å². The van der Waals surface area contributed by atoms with Crippen LogP contribution in [0.25, 0.3) is 0 Å². The van der Waals surface area contributed by atoms with Crippen LogP contribution in [-0.4, -0.2) is 40.9 Å². The largest absolute Gasteiger partial charge is 0.339 e. The van der Waals surface area contributed by atoms with Crippen LogP contribution in [-0.2, 0) is 11.3 Å². The molecule has 5 heteroatoms. The molecule has 0 bridgehead atoms. The summed E-state index contributed by atoms with van der Waals surface area (Å²) in [5.41, 5.74) is 0.674. The summed E-state index contributed by atoms with van der Waals surface area (Å²) in [6, 6.07) is 0. The van der Waals surface area contributed by atoms with Crippen LogP contribution in [0.1, 0.15) is 31.4 Å². The minimum absolute atomic E-state index is 0.171. The average Bonchev–Trinajstić information content (AvgIpc) is 2.92. The molecule has 0 aromatic carbocycles. The van der Waals surface area contributed by atoms with Crippen LogP contribution in [0.2, 0.25) is 0 Å². The summed E-state index contributed by atoms with van der Waals surface area (Å²) >= 11 is 0. The van der Waals surface area contributed by atoms with Gasteiger partial charge in [-0.25, -0.2) is 0 Å². The SMILES string of the molecule is CN(Cc1cnccn1)C(=O)[C@@]12CCCC[C@H]1CNC2. The van der Waals surface area contributed by atoms with E-state index < -0.39 is 0 Å². The minimum Gasteiger partial charge on any atom is -0.339 e. The Balaban J connectivity index is 1.74. The Morgan fingerprint density at radius 2 is 2.40 bits per heavy atom. The van der Waals surface area contributed by atoms with Crippen LogP contribution in [0.5, 0.6) is 0 Å². The number of nitrogens with zero attached hydrogens (tertiary/aromatic N) is 3. The van der Waals surface area contributed by atoms with Crippen molar-refractivity contribution >= 4 is 5.91 Å². The zero-order chi connectivity index (χ0) is 14.0. The van der Waals surface area contributed by atoms with Crippen molar-refractivity contribution < 1.29 is 4.79 Å². The van der Waals surface area contributed by atoms with Gasteiger partial charge in [-0.15, -0.1) is 0 Å². The lowest BCUT2D eigenvalue weighted by atomic mass is 9.67. The lowest BCUT2D eigenvalue weighted by Crippen LogP contribution is -2.48. The van der Waals surface area contributed by atoms with E-state index in [4.69, 9.17) is 0 Å². The van der Waals surface area contributed by atoms with Crippen molar-refractivity contribution in [1.29, 1.82) is 0 Å². The number of amides is 1. The number of hydrogen-bond donors (Lipinski definition) is 1. The predicted octanol–water partition coefficient (Wildman–Crippen LogP) is 1.21. The van der Waals surface area contributed by atoms with Gasteiger partial charge in [0.15, 0.2) is 0 Å². The van der Waals surface area contributed by atoms with Crippen molar-refractivity contribution in [3.8, 4) is 0 Å². The highest BCUT2D eigenvalue weighted by atomic mass is 16.2. The first-order valence-electron chi connectivity index (χ1n) is 7.43. The Labute approximate surface area is 119 Å². The third kappa shape index (κ3) is 2.30. The number of carbonyl (C=O) groups is 1. The topological polar surface area (TPSA) is 58.1 Å². The maximum atomic E-state index is 12.9. The molecule has 0 radical (unpaired) electrons. The van der Waals surface area contributed by atoms with Gasteiger partial charge in [0.25, 0.3) is 0 Å². The molecular formula is C15H22N4O. The Hall–Kier alpha value is -1.49. The number of aromatic nitrogens is 2. The molecule has 1 aliphatic carbocycles. The van der Waals surface area contributed by atoms with E-state index in [0.717, 1.165) is 25.2 Å². The summed E-state index contributed by atoms with van der Waals surface area (Å²) in [5, 5.41) is 3.43. The molecule has 2 heterocycles. The van der Waals surface area contributed by atoms with E-state index >= 15 is 0 Å². The zero-order valence-electron chi connectivity index (χ0n) is 12.0. The second-order valence-corrected chi connectivity index (χ2v) is 6.09. The van der Waals surface area contributed by atoms with Crippen molar-refractivity contribution in [2.45, 2.75) is 32.2 Å². The molecule has 3 rings (SSSR count).